The lowest BCUT2D eigenvalue weighted by Gasteiger charge is -2.19. The minimum absolute atomic E-state index is 0.224. The smallest absolute Gasteiger partial charge is 0.223 e. The molecule has 1 atom stereocenters. The maximum absolute atomic E-state index is 12.6. The van der Waals surface area contributed by atoms with E-state index in [4.69, 9.17) is 0 Å². The maximum atomic E-state index is 12.6. The number of nitrogens with zero attached hydrogens (tertiary/aromatic N) is 2. The number of aryl methyl sites for hydroxylation is 2. The highest BCUT2D eigenvalue weighted by Crippen LogP contribution is 2.35. The van der Waals surface area contributed by atoms with Gasteiger partial charge in [0.05, 0.1) is 12.2 Å². The molecule has 0 unspecified atom stereocenters. The number of H-pyrrole nitrogens is 1. The zero-order valence-corrected chi connectivity index (χ0v) is 13.6. The Morgan fingerprint density at radius 3 is 3.09 bits per heavy atom. The van der Waals surface area contributed by atoms with Crippen molar-refractivity contribution in [2.24, 2.45) is 0 Å². The summed E-state index contributed by atoms with van der Waals surface area (Å²) < 4.78 is 0. The summed E-state index contributed by atoms with van der Waals surface area (Å²) >= 11 is 0. The van der Waals surface area contributed by atoms with Gasteiger partial charge < -0.3 is 4.90 Å². The number of aromatic amines is 1. The third kappa shape index (κ3) is 2.67. The summed E-state index contributed by atoms with van der Waals surface area (Å²) in [7, 11) is 1.90. The van der Waals surface area contributed by atoms with Gasteiger partial charge in [-0.1, -0.05) is 24.3 Å². The Kier molecular flexibility index (Phi) is 3.68. The third-order valence-corrected chi connectivity index (χ3v) is 5.38. The first-order chi connectivity index (χ1) is 11.2. The van der Waals surface area contributed by atoms with Gasteiger partial charge >= 0.3 is 0 Å². The van der Waals surface area contributed by atoms with E-state index in [0.29, 0.717) is 18.9 Å². The summed E-state index contributed by atoms with van der Waals surface area (Å²) in [6.07, 6.45) is 6.20. The molecule has 2 aliphatic rings. The van der Waals surface area contributed by atoms with Gasteiger partial charge in [-0.3, -0.25) is 9.89 Å². The van der Waals surface area contributed by atoms with E-state index < -0.39 is 0 Å². The Morgan fingerprint density at radius 1 is 1.30 bits per heavy atom. The Balaban J connectivity index is 1.41. The van der Waals surface area contributed by atoms with E-state index >= 15 is 0 Å². The number of benzene rings is 1. The number of fused-ring (bicyclic) bond motifs is 2. The second kappa shape index (κ2) is 5.84. The van der Waals surface area contributed by atoms with E-state index in [2.05, 4.69) is 34.5 Å². The molecule has 4 rings (SSSR count). The number of hydrogen-bond donors (Lipinski definition) is 1. The molecule has 1 amide bonds. The van der Waals surface area contributed by atoms with Crippen molar-refractivity contribution in [3.8, 4) is 0 Å². The SMILES string of the molecule is CN(Cc1n[nH]c2c1CCC2)C(=O)C[C@@H]1CCc2ccccc21. The highest BCUT2D eigenvalue weighted by molar-refractivity contribution is 5.77. The van der Waals surface area contributed by atoms with Gasteiger partial charge in [-0.05, 0) is 54.7 Å². The van der Waals surface area contributed by atoms with Crippen LogP contribution in [0.5, 0.6) is 0 Å². The normalized spacial score (nSPS) is 18.7. The van der Waals surface area contributed by atoms with Crippen LogP contribution in [0.1, 0.15) is 53.3 Å². The van der Waals surface area contributed by atoms with E-state index in [-0.39, 0.29) is 5.91 Å². The number of hydrogen-bond acceptors (Lipinski definition) is 2. The highest BCUT2D eigenvalue weighted by Gasteiger charge is 2.26. The first kappa shape index (κ1) is 14.5. The number of carbonyl (C=O) groups excluding carboxylic acids is 1. The number of amides is 1. The van der Waals surface area contributed by atoms with Gasteiger partial charge in [-0.2, -0.15) is 5.10 Å². The Morgan fingerprint density at radius 2 is 2.17 bits per heavy atom. The molecule has 0 radical (unpaired) electrons. The standard InChI is InChI=1S/C19H23N3O/c1-22(12-18-16-7-4-8-17(16)20-21-18)19(23)11-14-10-9-13-5-2-3-6-15(13)14/h2-3,5-6,14H,4,7-12H2,1H3,(H,20,21)/t14-/m0/s1. The van der Waals surface area contributed by atoms with Crippen LogP contribution < -0.4 is 0 Å². The summed E-state index contributed by atoms with van der Waals surface area (Å²) in [4.78, 5) is 14.5. The molecule has 0 fully saturated rings. The van der Waals surface area contributed by atoms with Crippen molar-refractivity contribution in [1.82, 2.24) is 15.1 Å². The van der Waals surface area contributed by atoms with Gasteiger partial charge in [-0.15, -0.1) is 0 Å². The van der Waals surface area contributed by atoms with Crippen LogP contribution in [0.4, 0.5) is 0 Å². The molecule has 0 saturated carbocycles. The molecule has 1 aromatic heterocycles. The predicted octanol–water partition coefficient (Wildman–Crippen LogP) is 2.98. The van der Waals surface area contributed by atoms with E-state index in [1.165, 1.54) is 28.8 Å². The van der Waals surface area contributed by atoms with Crippen molar-refractivity contribution in [1.29, 1.82) is 0 Å². The second-order valence-electron chi connectivity index (χ2n) is 6.87. The average molecular weight is 309 g/mol. The van der Waals surface area contributed by atoms with E-state index in [1.54, 1.807) is 0 Å². The Hall–Kier alpha value is -2.10. The molecule has 0 saturated heterocycles. The zero-order chi connectivity index (χ0) is 15.8. The molecule has 0 spiro atoms. The molecule has 0 bridgehead atoms. The molecule has 4 nitrogen and oxygen atoms in total. The Labute approximate surface area is 136 Å². The summed E-state index contributed by atoms with van der Waals surface area (Å²) in [6, 6.07) is 8.54. The van der Waals surface area contributed by atoms with Gasteiger partial charge in [0.15, 0.2) is 0 Å². The number of carbonyl (C=O) groups is 1. The van der Waals surface area contributed by atoms with E-state index in [1.807, 2.05) is 11.9 Å². The van der Waals surface area contributed by atoms with Crippen molar-refractivity contribution in [2.45, 2.75) is 51.0 Å². The monoisotopic (exact) mass is 309 g/mol. The lowest BCUT2D eigenvalue weighted by Crippen LogP contribution is -2.27. The number of nitrogens with one attached hydrogen (secondary N) is 1. The molecule has 1 aromatic carbocycles. The molecule has 1 N–H and O–H groups in total. The molecular formula is C19H23N3O. The van der Waals surface area contributed by atoms with Crippen molar-refractivity contribution in [2.75, 3.05) is 7.05 Å². The summed E-state index contributed by atoms with van der Waals surface area (Å²) in [5.41, 5.74) is 6.45. The minimum Gasteiger partial charge on any atom is -0.340 e. The topological polar surface area (TPSA) is 49.0 Å². The van der Waals surface area contributed by atoms with Crippen LogP contribution in [0, 0.1) is 0 Å². The van der Waals surface area contributed by atoms with Gasteiger partial charge in [0.25, 0.3) is 0 Å². The fourth-order valence-corrected chi connectivity index (χ4v) is 4.06. The average Bonchev–Trinajstić information content (AvgIpc) is 3.25. The maximum Gasteiger partial charge on any atom is 0.223 e. The highest BCUT2D eigenvalue weighted by atomic mass is 16.2. The van der Waals surface area contributed by atoms with Crippen molar-refractivity contribution < 1.29 is 4.79 Å². The number of aromatic nitrogens is 2. The quantitative estimate of drug-likeness (QED) is 0.944. The molecule has 1 heterocycles. The van der Waals surface area contributed by atoms with Crippen LogP contribution in [-0.4, -0.2) is 28.1 Å². The van der Waals surface area contributed by atoms with Crippen molar-refractivity contribution >= 4 is 5.91 Å². The van der Waals surface area contributed by atoms with Crippen LogP contribution >= 0.6 is 0 Å². The Bertz CT molecular complexity index is 734. The molecule has 2 aromatic rings. The van der Waals surface area contributed by atoms with Crippen LogP contribution in [-0.2, 0) is 30.6 Å². The third-order valence-electron chi connectivity index (χ3n) is 5.38. The molecule has 120 valence electrons. The summed E-state index contributed by atoms with van der Waals surface area (Å²) in [5.74, 6) is 0.604. The fourth-order valence-electron chi connectivity index (χ4n) is 4.06. The van der Waals surface area contributed by atoms with Gasteiger partial charge in [0, 0.05) is 19.2 Å². The van der Waals surface area contributed by atoms with Crippen LogP contribution in [0.3, 0.4) is 0 Å². The molecule has 2 aliphatic carbocycles. The van der Waals surface area contributed by atoms with Crippen LogP contribution in [0.15, 0.2) is 24.3 Å². The van der Waals surface area contributed by atoms with Gasteiger partial charge in [0.1, 0.15) is 0 Å². The predicted molar refractivity (Wildman–Crippen MR) is 89.2 cm³/mol. The zero-order valence-electron chi connectivity index (χ0n) is 13.6. The first-order valence-electron chi connectivity index (χ1n) is 8.59. The molecule has 23 heavy (non-hydrogen) atoms. The van der Waals surface area contributed by atoms with Gasteiger partial charge in [-0.25, -0.2) is 0 Å². The molecule has 4 heteroatoms. The number of rotatable bonds is 4. The lowest BCUT2D eigenvalue weighted by atomic mass is 9.97. The summed E-state index contributed by atoms with van der Waals surface area (Å²) in [5, 5.41) is 7.54. The van der Waals surface area contributed by atoms with Crippen molar-refractivity contribution in [3.63, 3.8) is 0 Å². The summed E-state index contributed by atoms with van der Waals surface area (Å²) in [6.45, 7) is 0.624. The fraction of sp³-hybridized carbons (Fsp3) is 0.474. The van der Waals surface area contributed by atoms with Crippen LogP contribution in [0.2, 0.25) is 0 Å². The first-order valence-corrected chi connectivity index (χ1v) is 8.59. The van der Waals surface area contributed by atoms with E-state index in [0.717, 1.165) is 31.4 Å². The minimum atomic E-state index is 0.224. The van der Waals surface area contributed by atoms with Crippen LogP contribution in [0.25, 0.3) is 0 Å². The van der Waals surface area contributed by atoms with Crippen molar-refractivity contribution in [3.05, 3.63) is 52.3 Å². The lowest BCUT2D eigenvalue weighted by molar-refractivity contribution is -0.130. The largest absolute Gasteiger partial charge is 0.340 e. The van der Waals surface area contributed by atoms with E-state index in [9.17, 15) is 4.79 Å². The second-order valence-corrected chi connectivity index (χ2v) is 6.87. The van der Waals surface area contributed by atoms with Gasteiger partial charge in [0.2, 0.25) is 5.91 Å². The molecule has 0 aliphatic heterocycles. The molecular weight excluding hydrogens is 286 g/mol.